The summed E-state index contributed by atoms with van der Waals surface area (Å²) in [4.78, 5) is 24.8. The van der Waals surface area contributed by atoms with Gasteiger partial charge in [-0.15, -0.1) is 11.3 Å². The molecule has 1 aromatic carbocycles. The van der Waals surface area contributed by atoms with Crippen molar-refractivity contribution in [1.82, 2.24) is 10.3 Å². The zero-order valence-electron chi connectivity index (χ0n) is 22.3. The molecule has 3 aromatic rings. The van der Waals surface area contributed by atoms with Crippen molar-refractivity contribution in [2.75, 3.05) is 18.1 Å². The van der Waals surface area contributed by atoms with Crippen molar-refractivity contribution in [2.45, 2.75) is 45.2 Å². The number of thiophene rings is 1. The van der Waals surface area contributed by atoms with Crippen LogP contribution >= 0.6 is 22.9 Å². The van der Waals surface area contributed by atoms with Gasteiger partial charge in [0.15, 0.2) is 0 Å². The van der Waals surface area contributed by atoms with Crippen LogP contribution in [0.2, 0.25) is 5.02 Å². The van der Waals surface area contributed by atoms with E-state index in [4.69, 9.17) is 32.1 Å². The fourth-order valence-electron chi connectivity index (χ4n) is 4.76. The molecule has 3 N–H and O–H groups in total. The van der Waals surface area contributed by atoms with Crippen LogP contribution in [0.3, 0.4) is 0 Å². The molecule has 4 heterocycles. The number of pyridine rings is 1. The summed E-state index contributed by atoms with van der Waals surface area (Å²) in [7, 11) is 0. The summed E-state index contributed by atoms with van der Waals surface area (Å²) in [6.45, 7) is 4.85. The minimum absolute atomic E-state index is 0.00259. The van der Waals surface area contributed by atoms with Gasteiger partial charge >= 0.3 is 0 Å². The highest BCUT2D eigenvalue weighted by atomic mass is 35.5. The van der Waals surface area contributed by atoms with Crippen molar-refractivity contribution >= 4 is 51.2 Å². The Labute approximate surface area is 242 Å². The summed E-state index contributed by atoms with van der Waals surface area (Å²) in [6, 6.07) is 12.2. The van der Waals surface area contributed by atoms with Crippen LogP contribution in [-0.2, 0) is 9.53 Å². The number of rotatable bonds is 4. The first-order valence-electron chi connectivity index (χ1n) is 13.0. The molecule has 1 fully saturated rings. The van der Waals surface area contributed by atoms with Crippen molar-refractivity contribution < 1.29 is 9.53 Å². The number of carbonyl (C=O) groups is 1. The molecular weight excluding hydrogens is 544 g/mol. The molecule has 2 aromatic heterocycles. The third kappa shape index (κ3) is 5.99. The molecule has 1 amide bonds. The van der Waals surface area contributed by atoms with Gasteiger partial charge in [-0.3, -0.25) is 25.5 Å². The number of aromatic nitrogens is 1. The summed E-state index contributed by atoms with van der Waals surface area (Å²) in [6.07, 6.45) is 3.22. The van der Waals surface area contributed by atoms with Gasteiger partial charge in [0, 0.05) is 41.6 Å². The number of amidine groups is 2. The number of anilines is 1. The minimum Gasteiger partial charge on any atom is -0.381 e. The Balaban J connectivity index is 1.59. The molecule has 0 radical (unpaired) electrons. The van der Waals surface area contributed by atoms with Crippen molar-refractivity contribution in [1.29, 1.82) is 10.8 Å². The number of fused-ring (bicyclic) bond motifs is 1. The van der Waals surface area contributed by atoms with Crippen molar-refractivity contribution in [3.05, 3.63) is 80.9 Å². The van der Waals surface area contributed by atoms with Crippen LogP contribution in [0.5, 0.6) is 0 Å². The second-order valence-corrected chi connectivity index (χ2v) is 11.1. The first-order valence-corrected chi connectivity index (χ1v) is 14.2. The summed E-state index contributed by atoms with van der Waals surface area (Å²) >= 11 is 7.61. The van der Waals surface area contributed by atoms with Gasteiger partial charge in [0.2, 0.25) is 5.91 Å². The maximum absolute atomic E-state index is 13.1. The van der Waals surface area contributed by atoms with Crippen LogP contribution in [-0.4, -0.2) is 53.6 Å². The second-order valence-electron chi connectivity index (χ2n) is 9.67. The van der Waals surface area contributed by atoms with Gasteiger partial charge in [-0.05, 0) is 68.4 Å². The highest BCUT2D eigenvalue weighted by Crippen LogP contribution is 2.40. The first kappa shape index (κ1) is 27.7. The van der Waals surface area contributed by atoms with Gasteiger partial charge < -0.3 is 10.1 Å². The third-order valence-electron chi connectivity index (χ3n) is 6.80. The molecule has 1 saturated heterocycles. The molecule has 2 aliphatic rings. The number of ether oxygens (including phenoxy) is 1. The molecule has 204 valence electrons. The van der Waals surface area contributed by atoms with Crippen LogP contribution in [0.1, 0.15) is 53.4 Å². The first-order chi connectivity index (χ1) is 19.3. The van der Waals surface area contributed by atoms with E-state index < -0.39 is 6.04 Å². The fourth-order valence-corrected chi connectivity index (χ4v) is 6.11. The van der Waals surface area contributed by atoms with Crippen LogP contribution in [0, 0.1) is 29.6 Å². The third-order valence-corrected chi connectivity index (χ3v) is 8.24. The highest BCUT2D eigenvalue weighted by Gasteiger charge is 2.35. The van der Waals surface area contributed by atoms with Crippen LogP contribution in [0.4, 0.5) is 5.00 Å². The molecule has 8 nitrogen and oxygen atoms in total. The summed E-state index contributed by atoms with van der Waals surface area (Å²) in [5, 5.41) is 22.1. The second kappa shape index (κ2) is 12.1. The van der Waals surface area contributed by atoms with Crippen LogP contribution in [0.25, 0.3) is 0 Å². The number of carbonyl (C=O) groups excluding carboxylic acids is 1. The maximum Gasteiger partial charge on any atom is 0.222 e. The SMILES string of the molecule is CC(=N)N1C(=N)[C@H](CC(=O)NC2CCOCC2)N=C(c2ccc(Cl)cc2)c2c1sc(C#Cc1ccccn1)c2C. The zero-order valence-corrected chi connectivity index (χ0v) is 23.8. The largest absolute Gasteiger partial charge is 0.381 e. The number of benzene rings is 1. The topological polar surface area (TPSA) is 115 Å². The normalized spacial score (nSPS) is 17.3. The molecule has 0 aliphatic carbocycles. The molecule has 0 spiro atoms. The van der Waals surface area contributed by atoms with E-state index in [0.717, 1.165) is 34.4 Å². The Morgan fingerprint density at radius 1 is 1.20 bits per heavy atom. The van der Waals surface area contributed by atoms with Crippen molar-refractivity contribution in [2.24, 2.45) is 4.99 Å². The number of nitrogens with one attached hydrogen (secondary N) is 3. The molecule has 0 unspecified atom stereocenters. The van der Waals surface area contributed by atoms with Crippen LogP contribution in [0.15, 0.2) is 53.7 Å². The molecule has 1 atom stereocenters. The lowest BCUT2D eigenvalue weighted by Crippen LogP contribution is -2.44. The number of hydrogen-bond donors (Lipinski definition) is 3. The molecule has 5 rings (SSSR count). The van der Waals surface area contributed by atoms with E-state index in [0.29, 0.717) is 34.6 Å². The van der Waals surface area contributed by atoms with Gasteiger partial charge in [0.05, 0.1) is 17.0 Å². The smallest absolute Gasteiger partial charge is 0.222 e. The van der Waals surface area contributed by atoms with E-state index in [-0.39, 0.29) is 30.0 Å². The van der Waals surface area contributed by atoms with E-state index in [2.05, 4.69) is 22.1 Å². The molecule has 10 heteroatoms. The monoisotopic (exact) mass is 572 g/mol. The van der Waals surface area contributed by atoms with Gasteiger partial charge in [-0.2, -0.15) is 0 Å². The zero-order chi connectivity index (χ0) is 28.2. The summed E-state index contributed by atoms with van der Waals surface area (Å²) in [5.74, 6) is 6.43. The molecule has 0 saturated carbocycles. The summed E-state index contributed by atoms with van der Waals surface area (Å²) < 4.78 is 5.41. The Morgan fingerprint density at radius 3 is 2.62 bits per heavy atom. The van der Waals surface area contributed by atoms with E-state index >= 15 is 0 Å². The number of aliphatic imine (C=N–C) groups is 1. The van der Waals surface area contributed by atoms with Crippen molar-refractivity contribution in [3.63, 3.8) is 0 Å². The number of amides is 1. The molecular formula is C30H29ClN6O2S. The summed E-state index contributed by atoms with van der Waals surface area (Å²) in [5.41, 5.74) is 3.79. The van der Waals surface area contributed by atoms with E-state index in [1.807, 2.05) is 37.3 Å². The number of hydrogen-bond acceptors (Lipinski definition) is 7. The molecule has 2 aliphatic heterocycles. The Hall–Kier alpha value is -3.84. The van der Waals surface area contributed by atoms with E-state index in [1.54, 1.807) is 30.2 Å². The number of halogens is 1. The minimum atomic E-state index is -0.784. The lowest BCUT2D eigenvalue weighted by molar-refractivity contribution is -0.122. The Kier molecular flexibility index (Phi) is 8.40. The Morgan fingerprint density at radius 2 is 1.95 bits per heavy atom. The van der Waals surface area contributed by atoms with Crippen molar-refractivity contribution in [3.8, 4) is 11.8 Å². The van der Waals surface area contributed by atoms with Gasteiger partial charge in [-0.25, -0.2) is 4.98 Å². The lowest BCUT2D eigenvalue weighted by atomic mass is 9.99. The van der Waals surface area contributed by atoms with Gasteiger partial charge in [-0.1, -0.05) is 29.8 Å². The molecule has 0 bridgehead atoms. The maximum atomic E-state index is 13.1. The van der Waals surface area contributed by atoms with E-state index in [9.17, 15) is 4.79 Å². The Bertz CT molecular complexity index is 1530. The van der Waals surface area contributed by atoms with Gasteiger partial charge in [0.25, 0.3) is 0 Å². The molecule has 40 heavy (non-hydrogen) atoms. The number of nitrogens with zero attached hydrogens (tertiary/aromatic N) is 3. The predicted molar refractivity (Wildman–Crippen MR) is 160 cm³/mol. The lowest BCUT2D eigenvalue weighted by Gasteiger charge is -2.26. The fraction of sp³-hybridized carbons (Fsp3) is 0.300. The average Bonchev–Trinajstić information content (AvgIpc) is 3.20. The van der Waals surface area contributed by atoms with Crippen LogP contribution < -0.4 is 10.2 Å². The average molecular weight is 573 g/mol. The van der Waals surface area contributed by atoms with Gasteiger partial charge in [0.1, 0.15) is 28.4 Å². The quantitative estimate of drug-likeness (QED) is 0.227. The predicted octanol–water partition coefficient (Wildman–Crippen LogP) is 5.19. The highest BCUT2D eigenvalue weighted by molar-refractivity contribution is 7.17. The van der Waals surface area contributed by atoms with E-state index in [1.165, 1.54) is 11.3 Å². The standard InChI is InChI=1S/C30H29ClN6O2S/c1-18-25(11-10-22-5-3-4-14-34-22)40-30-27(18)28(20-6-8-21(31)9-7-20)36-24(29(33)37(30)19(2)32)17-26(38)35-23-12-15-39-16-13-23/h3-9,14,23-24,32-33H,12-13,15-17H2,1-2H3,(H,35,38)/t24-/m0/s1.